The van der Waals surface area contributed by atoms with Crippen LogP contribution in [0.15, 0.2) is 182 Å². The summed E-state index contributed by atoms with van der Waals surface area (Å²) in [5.74, 6) is 0. The second-order valence-corrected chi connectivity index (χ2v) is 16.6. The van der Waals surface area contributed by atoms with Crippen LogP contribution in [0.3, 0.4) is 0 Å². The van der Waals surface area contributed by atoms with E-state index in [1.54, 1.807) is 0 Å². The molecule has 2 nitrogen and oxygen atoms in total. The van der Waals surface area contributed by atoms with E-state index in [1.807, 2.05) is 0 Å². The molecule has 0 bridgehead atoms. The highest BCUT2D eigenvalue weighted by molar-refractivity contribution is 6.10. The van der Waals surface area contributed by atoms with Crippen molar-refractivity contribution in [2.24, 2.45) is 0 Å². The number of aromatic nitrogens is 1. The van der Waals surface area contributed by atoms with E-state index in [2.05, 4.69) is 219 Å². The van der Waals surface area contributed by atoms with Crippen LogP contribution in [0, 0.1) is 0 Å². The first-order valence-electron chi connectivity index (χ1n) is 19.8. The topological polar surface area (TPSA) is 8.17 Å². The van der Waals surface area contributed by atoms with Crippen LogP contribution in [0.4, 0.5) is 17.1 Å². The molecule has 0 unspecified atom stereocenters. The lowest BCUT2D eigenvalue weighted by molar-refractivity contribution is 0.660. The maximum Gasteiger partial charge on any atom is 0.0541 e. The Morgan fingerprint density at radius 3 is 1.77 bits per heavy atom. The third-order valence-electron chi connectivity index (χ3n) is 12.8. The van der Waals surface area contributed by atoms with Gasteiger partial charge in [0.15, 0.2) is 0 Å². The number of rotatable bonds is 5. The van der Waals surface area contributed by atoms with Crippen molar-refractivity contribution in [3.8, 4) is 39.1 Å². The number of anilines is 3. The van der Waals surface area contributed by atoms with Crippen molar-refractivity contribution in [3.05, 3.63) is 204 Å². The van der Waals surface area contributed by atoms with Crippen molar-refractivity contribution in [3.63, 3.8) is 0 Å². The first-order chi connectivity index (χ1) is 27.3. The van der Waals surface area contributed by atoms with E-state index in [0.717, 1.165) is 5.69 Å². The molecule has 0 radical (unpaired) electrons. The van der Waals surface area contributed by atoms with E-state index in [1.165, 1.54) is 94.5 Å². The lowest BCUT2D eigenvalue weighted by atomic mass is 9.81. The average Bonchev–Trinajstić information content (AvgIpc) is 3.78. The first-order valence-corrected chi connectivity index (χ1v) is 19.8. The predicted molar refractivity (Wildman–Crippen MR) is 236 cm³/mol. The van der Waals surface area contributed by atoms with Crippen molar-refractivity contribution in [1.82, 2.24) is 4.57 Å². The Labute approximate surface area is 328 Å². The molecule has 2 heteroatoms. The minimum atomic E-state index is -0.166. The van der Waals surface area contributed by atoms with Crippen LogP contribution >= 0.6 is 0 Å². The van der Waals surface area contributed by atoms with E-state index in [4.69, 9.17) is 0 Å². The molecule has 8 aromatic carbocycles. The summed E-state index contributed by atoms with van der Waals surface area (Å²) in [5.41, 5.74) is 20.2. The molecule has 268 valence electrons. The quantitative estimate of drug-likeness (QED) is 0.172. The van der Waals surface area contributed by atoms with E-state index in [-0.39, 0.29) is 10.8 Å². The Bertz CT molecular complexity index is 3020. The summed E-state index contributed by atoms with van der Waals surface area (Å²) < 4.78 is 2.38. The fourth-order valence-electron chi connectivity index (χ4n) is 10.1. The third kappa shape index (κ3) is 4.62. The largest absolute Gasteiger partial charge is 0.310 e. The summed E-state index contributed by atoms with van der Waals surface area (Å²) in [6, 6.07) is 67.5. The predicted octanol–water partition coefficient (Wildman–Crippen LogP) is 14.5. The Kier molecular flexibility index (Phi) is 6.98. The molecule has 0 N–H and O–H groups in total. The fourth-order valence-corrected chi connectivity index (χ4v) is 10.1. The SMILES string of the molecule is CC1(C)c2ccccc2-c2cc(N(c3ccc(-c4ccc5c(c4)c4ccccc4n5-c4ccccc4)cc3)c3cccc4c3C(C)(C)c3ccccc3-4)ccc21. The summed E-state index contributed by atoms with van der Waals surface area (Å²) in [6.07, 6.45) is 0. The van der Waals surface area contributed by atoms with Gasteiger partial charge in [0.25, 0.3) is 0 Å². The molecular weight excluding hydrogens is 677 g/mol. The molecule has 2 aliphatic rings. The van der Waals surface area contributed by atoms with E-state index in [0.29, 0.717) is 0 Å². The van der Waals surface area contributed by atoms with Crippen LogP contribution in [-0.4, -0.2) is 4.57 Å². The standard InChI is InChI=1S/C54H42N2/c1-53(2)46-21-11-9-18-41(46)44-34-39(30-31-48(44)53)55(51-24-14-20-43-40-17-8-12-22-47(40)54(3,4)52(43)51)38-28-25-35(26-29-38)36-27-32-50-45(33-36)42-19-10-13-23-49(42)56(50)37-15-6-5-7-16-37/h5-34H,1-4H3. The zero-order chi connectivity index (χ0) is 37.8. The number of para-hydroxylation sites is 2. The molecule has 1 heterocycles. The number of hydrogen-bond acceptors (Lipinski definition) is 1. The minimum absolute atomic E-state index is 0.0525. The van der Waals surface area contributed by atoms with Crippen molar-refractivity contribution in [1.29, 1.82) is 0 Å². The molecule has 11 rings (SSSR count). The molecule has 0 aliphatic heterocycles. The summed E-state index contributed by atoms with van der Waals surface area (Å²) in [6.45, 7) is 9.48. The van der Waals surface area contributed by atoms with Crippen LogP contribution in [0.5, 0.6) is 0 Å². The Morgan fingerprint density at radius 1 is 0.393 bits per heavy atom. The lowest BCUT2D eigenvalue weighted by Gasteiger charge is -2.32. The van der Waals surface area contributed by atoms with Gasteiger partial charge in [-0.25, -0.2) is 0 Å². The van der Waals surface area contributed by atoms with Gasteiger partial charge in [-0.05, 0) is 116 Å². The van der Waals surface area contributed by atoms with E-state index < -0.39 is 0 Å². The number of fused-ring (bicyclic) bond motifs is 9. The van der Waals surface area contributed by atoms with Gasteiger partial charge in [0.05, 0.1) is 16.7 Å². The fraction of sp³-hybridized carbons (Fsp3) is 0.111. The van der Waals surface area contributed by atoms with E-state index >= 15 is 0 Å². The summed E-state index contributed by atoms with van der Waals surface area (Å²) in [7, 11) is 0. The zero-order valence-corrected chi connectivity index (χ0v) is 32.2. The molecule has 0 atom stereocenters. The van der Waals surface area contributed by atoms with Gasteiger partial charge in [-0.2, -0.15) is 0 Å². The van der Waals surface area contributed by atoms with Gasteiger partial charge < -0.3 is 9.47 Å². The molecule has 1 aromatic heterocycles. The highest BCUT2D eigenvalue weighted by Gasteiger charge is 2.40. The molecular formula is C54H42N2. The zero-order valence-electron chi connectivity index (χ0n) is 32.2. The maximum absolute atomic E-state index is 2.50. The smallest absolute Gasteiger partial charge is 0.0541 e. The highest BCUT2D eigenvalue weighted by atomic mass is 15.1. The highest BCUT2D eigenvalue weighted by Crippen LogP contribution is 2.55. The van der Waals surface area contributed by atoms with Gasteiger partial charge in [0.2, 0.25) is 0 Å². The summed E-state index contributed by atoms with van der Waals surface area (Å²) in [5, 5.41) is 2.52. The van der Waals surface area contributed by atoms with Crippen molar-refractivity contribution < 1.29 is 0 Å². The second-order valence-electron chi connectivity index (χ2n) is 16.6. The monoisotopic (exact) mass is 718 g/mol. The van der Waals surface area contributed by atoms with Gasteiger partial charge >= 0.3 is 0 Å². The van der Waals surface area contributed by atoms with Crippen molar-refractivity contribution in [2.75, 3.05) is 4.90 Å². The number of nitrogens with zero attached hydrogens (tertiary/aromatic N) is 2. The van der Waals surface area contributed by atoms with Crippen molar-refractivity contribution in [2.45, 2.75) is 38.5 Å². The van der Waals surface area contributed by atoms with Crippen LogP contribution in [0.25, 0.3) is 60.9 Å². The maximum atomic E-state index is 2.50. The van der Waals surface area contributed by atoms with Crippen LogP contribution < -0.4 is 4.90 Å². The van der Waals surface area contributed by atoms with Gasteiger partial charge in [-0.1, -0.05) is 149 Å². The number of hydrogen-bond donors (Lipinski definition) is 0. The Morgan fingerprint density at radius 2 is 0.982 bits per heavy atom. The van der Waals surface area contributed by atoms with Gasteiger partial charge in [0.1, 0.15) is 0 Å². The van der Waals surface area contributed by atoms with Gasteiger partial charge in [-0.3, -0.25) is 0 Å². The third-order valence-corrected chi connectivity index (χ3v) is 12.8. The van der Waals surface area contributed by atoms with E-state index in [9.17, 15) is 0 Å². The minimum Gasteiger partial charge on any atom is -0.310 e. The molecule has 9 aromatic rings. The average molecular weight is 719 g/mol. The molecule has 0 spiro atoms. The van der Waals surface area contributed by atoms with Gasteiger partial charge in [0, 0.05) is 38.7 Å². The first kappa shape index (κ1) is 32.8. The van der Waals surface area contributed by atoms with Gasteiger partial charge in [-0.15, -0.1) is 0 Å². The Hall–Kier alpha value is -6.64. The molecule has 2 aliphatic carbocycles. The lowest BCUT2D eigenvalue weighted by Crippen LogP contribution is -2.21. The molecule has 0 saturated carbocycles. The van der Waals surface area contributed by atoms with Crippen LogP contribution in [-0.2, 0) is 10.8 Å². The molecule has 0 fully saturated rings. The second kappa shape index (κ2) is 11.9. The normalized spacial score (nSPS) is 14.4. The Balaban J connectivity index is 1.07. The molecule has 0 saturated heterocycles. The molecule has 0 amide bonds. The molecule has 56 heavy (non-hydrogen) atoms. The summed E-state index contributed by atoms with van der Waals surface area (Å²) >= 11 is 0. The van der Waals surface area contributed by atoms with Crippen LogP contribution in [0.1, 0.15) is 49.9 Å². The number of benzene rings is 8. The van der Waals surface area contributed by atoms with Crippen LogP contribution in [0.2, 0.25) is 0 Å². The van der Waals surface area contributed by atoms with Crippen molar-refractivity contribution >= 4 is 38.9 Å². The summed E-state index contributed by atoms with van der Waals surface area (Å²) in [4.78, 5) is 2.50.